The number of aliphatic hydroxyl groups excluding tert-OH is 1. The number of phenols is 1. The topological polar surface area (TPSA) is 119 Å². The molecular formula is C32H49NO9. The molecule has 1 unspecified atom stereocenters. The van der Waals surface area contributed by atoms with Gasteiger partial charge in [0.1, 0.15) is 5.75 Å². The average Bonchev–Trinajstić information content (AvgIpc) is 2.96. The second-order valence-electron chi connectivity index (χ2n) is 12.6. The summed E-state index contributed by atoms with van der Waals surface area (Å²) in [5.41, 5.74) is 1.79. The van der Waals surface area contributed by atoms with Gasteiger partial charge in [0.25, 0.3) is 0 Å². The molecule has 236 valence electrons. The lowest BCUT2D eigenvalue weighted by Crippen LogP contribution is -2.79. The van der Waals surface area contributed by atoms with Gasteiger partial charge >= 0.3 is 0 Å². The Labute approximate surface area is 249 Å². The normalized spacial score (nSPS) is 32.0. The number of hydrogen-bond acceptors (Lipinski definition) is 10. The number of nitrogens with zero attached hydrogens (tertiary/aromatic N) is 1. The Bertz CT molecular complexity index is 1040. The largest absolute Gasteiger partial charge is 0.508 e. The molecule has 1 aromatic carbocycles. The molecule has 42 heavy (non-hydrogen) atoms. The Morgan fingerprint density at radius 3 is 2.24 bits per heavy atom. The molecule has 1 saturated heterocycles. The van der Waals surface area contributed by atoms with Gasteiger partial charge in [-0.3, -0.25) is 4.90 Å². The molecule has 2 bridgehead atoms. The summed E-state index contributed by atoms with van der Waals surface area (Å²) in [5, 5.41) is 32.2. The lowest BCUT2D eigenvalue weighted by Gasteiger charge is -2.68. The maximum atomic E-state index is 12.7. The van der Waals surface area contributed by atoms with E-state index in [-0.39, 0.29) is 30.6 Å². The van der Waals surface area contributed by atoms with Crippen LogP contribution in [0.15, 0.2) is 12.1 Å². The van der Waals surface area contributed by atoms with E-state index in [0.717, 1.165) is 49.4 Å². The van der Waals surface area contributed by atoms with Crippen LogP contribution in [0, 0.1) is 5.92 Å². The molecule has 2 saturated carbocycles. The third-order valence-electron chi connectivity index (χ3n) is 10.5. The van der Waals surface area contributed by atoms with Crippen molar-refractivity contribution in [1.29, 1.82) is 0 Å². The van der Waals surface area contributed by atoms with Gasteiger partial charge in [-0.25, -0.2) is 0 Å². The summed E-state index contributed by atoms with van der Waals surface area (Å²) < 4.78 is 34.9. The summed E-state index contributed by atoms with van der Waals surface area (Å²) in [7, 11) is 0. The van der Waals surface area contributed by atoms with Crippen molar-refractivity contribution in [2.45, 2.75) is 80.8 Å². The number of piperidine rings is 1. The Balaban J connectivity index is 1.02. The van der Waals surface area contributed by atoms with Crippen molar-refractivity contribution in [3.05, 3.63) is 28.8 Å². The number of likely N-dealkylation sites (tertiary alicyclic amines) is 1. The van der Waals surface area contributed by atoms with Crippen molar-refractivity contribution in [2.24, 2.45) is 5.92 Å². The van der Waals surface area contributed by atoms with Crippen molar-refractivity contribution >= 4 is 0 Å². The molecule has 3 aliphatic carbocycles. The summed E-state index contributed by atoms with van der Waals surface area (Å²) >= 11 is 0. The highest BCUT2D eigenvalue weighted by Gasteiger charge is 2.71. The number of aromatic hydroxyl groups is 1. The van der Waals surface area contributed by atoms with Crippen LogP contribution in [0.25, 0.3) is 0 Å². The third-order valence-corrected chi connectivity index (χ3v) is 10.5. The van der Waals surface area contributed by atoms with E-state index in [1.54, 1.807) is 0 Å². The van der Waals surface area contributed by atoms with Gasteiger partial charge in [0.05, 0.1) is 95.9 Å². The van der Waals surface area contributed by atoms with Gasteiger partial charge in [-0.15, -0.1) is 0 Å². The highest BCUT2D eigenvalue weighted by molar-refractivity contribution is 5.56. The molecule has 0 aromatic heterocycles. The van der Waals surface area contributed by atoms with Crippen LogP contribution in [0.5, 0.6) is 5.75 Å². The van der Waals surface area contributed by atoms with Crippen molar-refractivity contribution in [2.75, 3.05) is 79.2 Å². The zero-order chi connectivity index (χ0) is 29.0. The van der Waals surface area contributed by atoms with Crippen LogP contribution in [0.1, 0.15) is 55.2 Å². The molecule has 0 radical (unpaired) electrons. The Hall–Kier alpha value is -1.34. The molecular weight excluding hydrogens is 542 g/mol. The second kappa shape index (κ2) is 13.7. The molecule has 2 heterocycles. The maximum Gasteiger partial charge on any atom is 0.121 e. The van der Waals surface area contributed by atoms with E-state index < -0.39 is 11.0 Å². The molecule has 6 rings (SSSR count). The molecule has 10 nitrogen and oxygen atoms in total. The van der Waals surface area contributed by atoms with Crippen LogP contribution in [0.4, 0.5) is 0 Å². The predicted molar refractivity (Wildman–Crippen MR) is 154 cm³/mol. The minimum atomic E-state index is -0.903. The second-order valence-corrected chi connectivity index (χ2v) is 12.6. The first-order valence-electron chi connectivity index (χ1n) is 16.0. The quantitative estimate of drug-likeness (QED) is 0.232. The van der Waals surface area contributed by atoms with Crippen molar-refractivity contribution < 1.29 is 43.7 Å². The van der Waals surface area contributed by atoms with Crippen LogP contribution in [-0.2, 0) is 46.9 Å². The van der Waals surface area contributed by atoms with Crippen LogP contribution in [-0.4, -0.2) is 123 Å². The molecule has 10 heteroatoms. The number of rotatable bonds is 17. The van der Waals surface area contributed by atoms with Crippen LogP contribution in [0.2, 0.25) is 0 Å². The van der Waals surface area contributed by atoms with E-state index in [2.05, 4.69) is 11.0 Å². The maximum absolute atomic E-state index is 12.7. The Kier molecular flexibility index (Phi) is 10.0. The highest BCUT2D eigenvalue weighted by Crippen LogP contribution is 2.62. The molecule has 0 amide bonds. The number of hydrogen-bond donors (Lipinski definition) is 3. The van der Waals surface area contributed by atoms with E-state index in [0.29, 0.717) is 72.5 Å². The van der Waals surface area contributed by atoms with E-state index in [4.69, 9.17) is 33.5 Å². The molecule has 3 fully saturated rings. The molecule has 5 atom stereocenters. The van der Waals surface area contributed by atoms with E-state index >= 15 is 0 Å². The van der Waals surface area contributed by atoms with Gasteiger partial charge in [0.2, 0.25) is 0 Å². The van der Waals surface area contributed by atoms with E-state index in [9.17, 15) is 10.2 Å². The van der Waals surface area contributed by atoms with Crippen LogP contribution >= 0.6 is 0 Å². The molecule has 2 aliphatic heterocycles. The van der Waals surface area contributed by atoms with Crippen LogP contribution in [0.3, 0.4) is 0 Å². The summed E-state index contributed by atoms with van der Waals surface area (Å²) in [6.07, 6.45) is 6.59. The minimum Gasteiger partial charge on any atom is -0.508 e. The fourth-order valence-electron chi connectivity index (χ4n) is 8.35. The van der Waals surface area contributed by atoms with Crippen molar-refractivity contribution in [3.8, 4) is 5.75 Å². The smallest absolute Gasteiger partial charge is 0.121 e. The summed E-state index contributed by atoms with van der Waals surface area (Å²) in [6.45, 7) is 6.52. The summed E-state index contributed by atoms with van der Waals surface area (Å²) in [4.78, 5) is 2.58. The van der Waals surface area contributed by atoms with Crippen molar-refractivity contribution in [1.82, 2.24) is 4.90 Å². The standard InChI is InChI=1S/C32H49NO9/c34-10-11-37-12-13-38-14-15-39-16-17-40-18-19-41-27-6-7-32(36)28-20-24-4-5-26(35)25-22-42-30(27)31(32,29(24)25)8-9-33(28)21-23-2-1-3-23/h4-5,23,27-28,30,34-36H,1-3,6-22H2/t27?,28-,30+,31+,32-/m1/s1. The average molecular weight is 592 g/mol. The number of ether oxygens (including phenoxy) is 6. The molecule has 5 aliphatic rings. The number of phenolic OH excluding ortho intramolecular Hbond substituents is 1. The van der Waals surface area contributed by atoms with Gasteiger partial charge < -0.3 is 43.7 Å². The van der Waals surface area contributed by atoms with Gasteiger partial charge in [0.15, 0.2) is 0 Å². The zero-order valence-corrected chi connectivity index (χ0v) is 24.8. The summed E-state index contributed by atoms with van der Waals surface area (Å²) in [5.74, 6) is 1.02. The molecule has 1 spiro atoms. The predicted octanol–water partition coefficient (Wildman–Crippen LogP) is 1.93. The Morgan fingerprint density at radius 2 is 1.57 bits per heavy atom. The first-order valence-corrected chi connectivity index (χ1v) is 16.0. The van der Waals surface area contributed by atoms with E-state index in [1.807, 2.05) is 6.07 Å². The zero-order valence-electron chi connectivity index (χ0n) is 24.8. The molecule has 3 N–H and O–H groups in total. The van der Waals surface area contributed by atoms with E-state index in [1.165, 1.54) is 24.8 Å². The lowest BCUT2D eigenvalue weighted by atomic mass is 9.46. The fourth-order valence-corrected chi connectivity index (χ4v) is 8.35. The van der Waals surface area contributed by atoms with Crippen LogP contribution < -0.4 is 0 Å². The van der Waals surface area contributed by atoms with Crippen molar-refractivity contribution in [3.63, 3.8) is 0 Å². The first kappa shape index (κ1) is 30.7. The van der Waals surface area contributed by atoms with Gasteiger partial charge in [-0.05, 0) is 68.2 Å². The minimum absolute atomic E-state index is 0.0215. The van der Waals surface area contributed by atoms with Gasteiger partial charge in [-0.1, -0.05) is 12.5 Å². The Morgan fingerprint density at radius 1 is 0.881 bits per heavy atom. The highest BCUT2D eigenvalue weighted by atomic mass is 16.6. The lowest BCUT2D eigenvalue weighted by molar-refractivity contribution is -0.255. The number of aliphatic hydroxyl groups is 2. The first-order chi connectivity index (χ1) is 20.6. The summed E-state index contributed by atoms with van der Waals surface area (Å²) in [6, 6.07) is 3.96. The molecule has 1 aromatic rings. The number of benzene rings is 1. The van der Waals surface area contributed by atoms with Gasteiger partial charge in [-0.2, -0.15) is 0 Å². The third kappa shape index (κ3) is 5.75. The van der Waals surface area contributed by atoms with Gasteiger partial charge in [0, 0.05) is 18.2 Å². The fraction of sp³-hybridized carbons (Fsp3) is 0.812. The SMILES string of the molecule is OCCOCCOCCOCCOCCOC1CC[C@@]2(O)[C@H]3Cc4ccc(O)c5c4[C@@]2(CCN3CC2CCC2)[C@H]1OC5. The monoisotopic (exact) mass is 591 g/mol.